The van der Waals surface area contributed by atoms with Gasteiger partial charge in [0.2, 0.25) is 0 Å². The number of nitrogens with zero attached hydrogens (tertiary/aromatic N) is 2. The van der Waals surface area contributed by atoms with E-state index in [4.69, 9.17) is 4.74 Å². The minimum atomic E-state index is -4.68. The lowest BCUT2D eigenvalue weighted by Gasteiger charge is -2.28. The Kier molecular flexibility index (Phi) is 6.97. The van der Waals surface area contributed by atoms with Crippen LogP contribution in [0.3, 0.4) is 0 Å². The molecule has 0 bridgehead atoms. The summed E-state index contributed by atoms with van der Waals surface area (Å²) in [5, 5.41) is 12.7. The molecule has 1 aromatic carbocycles. The summed E-state index contributed by atoms with van der Waals surface area (Å²) in [7, 11) is -4.28. The first-order valence-electron chi connectivity index (χ1n) is 10.7. The molecule has 3 N–H and O–H groups in total. The zero-order valence-electron chi connectivity index (χ0n) is 18.6. The van der Waals surface area contributed by atoms with Crippen molar-refractivity contribution < 1.29 is 31.4 Å². The number of pyridine rings is 2. The normalized spacial score (nSPS) is 18.8. The molecule has 0 radical (unpaired) electrons. The van der Waals surface area contributed by atoms with Crippen LogP contribution in [0, 0.1) is 6.92 Å². The van der Waals surface area contributed by atoms with Crippen LogP contribution in [0.15, 0.2) is 59.6 Å². The molecule has 12 heteroatoms. The van der Waals surface area contributed by atoms with Gasteiger partial charge in [-0.25, -0.2) is 9.97 Å². The average molecular weight is 509 g/mol. The van der Waals surface area contributed by atoms with E-state index in [1.807, 2.05) is 0 Å². The number of hydrogen-bond acceptors (Lipinski definition) is 7. The lowest BCUT2D eigenvalue weighted by molar-refractivity contribution is -0.137. The van der Waals surface area contributed by atoms with E-state index in [1.54, 1.807) is 31.2 Å². The maximum atomic E-state index is 13.6. The van der Waals surface area contributed by atoms with Crippen molar-refractivity contribution in [2.75, 3.05) is 23.3 Å². The zero-order chi connectivity index (χ0) is 25.2. The van der Waals surface area contributed by atoms with Crippen molar-refractivity contribution in [1.82, 2.24) is 9.97 Å². The van der Waals surface area contributed by atoms with Crippen molar-refractivity contribution in [2.45, 2.75) is 36.7 Å². The Morgan fingerprint density at radius 1 is 1.03 bits per heavy atom. The molecule has 1 aliphatic rings. The number of sulfonamides is 1. The van der Waals surface area contributed by atoms with Crippen molar-refractivity contribution in [3.63, 3.8) is 0 Å². The highest BCUT2D eigenvalue weighted by Crippen LogP contribution is 2.38. The molecule has 1 fully saturated rings. The van der Waals surface area contributed by atoms with Crippen molar-refractivity contribution in [2.24, 2.45) is 0 Å². The van der Waals surface area contributed by atoms with Crippen molar-refractivity contribution in [1.29, 1.82) is 0 Å². The standard InChI is InChI=1S/C23H23F3N4O4S/c1-14-5-2-3-6-15(14)22-16(23(24,25)26)9-10-20(29-22)30-35(32,33)21-8-4-7-19(28-21)27-17-11-12-34-13-18(17)31/h2-10,17-18,31H,11-13H2,1H3,(H,27,28)(H,29,30)/t17-,18-/m1/s1. The molecule has 0 amide bonds. The van der Waals surface area contributed by atoms with Gasteiger partial charge < -0.3 is 15.2 Å². The number of aromatic nitrogens is 2. The molecule has 3 aromatic rings. The van der Waals surface area contributed by atoms with E-state index in [9.17, 15) is 26.7 Å². The van der Waals surface area contributed by atoms with Gasteiger partial charge in [0.05, 0.1) is 30.0 Å². The van der Waals surface area contributed by atoms with Crippen LogP contribution in [0.5, 0.6) is 0 Å². The molecule has 0 unspecified atom stereocenters. The number of hydrogen-bond donors (Lipinski definition) is 3. The molecule has 0 aliphatic carbocycles. The van der Waals surface area contributed by atoms with E-state index in [-0.39, 0.29) is 40.6 Å². The smallest absolute Gasteiger partial charge is 0.389 e. The third-order valence-corrected chi connectivity index (χ3v) is 6.75. The van der Waals surface area contributed by atoms with Gasteiger partial charge in [-0.3, -0.25) is 4.72 Å². The molecule has 3 heterocycles. The van der Waals surface area contributed by atoms with Crippen LogP contribution in [-0.4, -0.2) is 48.9 Å². The predicted molar refractivity (Wildman–Crippen MR) is 123 cm³/mol. The number of rotatable bonds is 6. The Hall–Kier alpha value is -3.22. The van der Waals surface area contributed by atoms with Crippen LogP contribution in [0.4, 0.5) is 24.8 Å². The Labute approximate surface area is 200 Å². The van der Waals surface area contributed by atoms with Gasteiger partial charge >= 0.3 is 6.18 Å². The Bertz CT molecular complexity index is 1320. The zero-order valence-corrected chi connectivity index (χ0v) is 19.4. The van der Waals surface area contributed by atoms with Gasteiger partial charge in [-0.05, 0) is 43.2 Å². The van der Waals surface area contributed by atoms with Crippen LogP contribution in [0.25, 0.3) is 11.3 Å². The van der Waals surface area contributed by atoms with Gasteiger partial charge in [0, 0.05) is 12.2 Å². The molecule has 186 valence electrons. The fourth-order valence-electron chi connectivity index (χ4n) is 3.70. The Morgan fingerprint density at radius 3 is 2.51 bits per heavy atom. The fraction of sp³-hybridized carbons (Fsp3) is 0.304. The summed E-state index contributed by atoms with van der Waals surface area (Å²) >= 11 is 0. The number of nitrogens with one attached hydrogen (secondary N) is 2. The second-order valence-electron chi connectivity index (χ2n) is 8.05. The van der Waals surface area contributed by atoms with Gasteiger partial charge in [0.25, 0.3) is 10.0 Å². The first kappa shape index (κ1) is 24.9. The lowest BCUT2D eigenvalue weighted by Crippen LogP contribution is -2.42. The summed E-state index contributed by atoms with van der Waals surface area (Å²) in [5.41, 5.74) is -0.566. The number of aliphatic hydroxyl groups excluding tert-OH is 1. The quantitative estimate of drug-likeness (QED) is 0.464. The minimum absolute atomic E-state index is 0.153. The molecule has 0 saturated carbocycles. The van der Waals surface area contributed by atoms with Crippen molar-refractivity contribution >= 4 is 21.7 Å². The van der Waals surface area contributed by atoms with Crippen molar-refractivity contribution in [3.05, 3.63) is 65.7 Å². The van der Waals surface area contributed by atoms with Crippen LogP contribution in [-0.2, 0) is 20.9 Å². The number of halogens is 3. The summed E-state index contributed by atoms with van der Waals surface area (Å²) in [6.45, 7) is 2.24. The van der Waals surface area contributed by atoms with Gasteiger partial charge in [-0.1, -0.05) is 30.3 Å². The van der Waals surface area contributed by atoms with Crippen LogP contribution >= 0.6 is 0 Å². The van der Waals surface area contributed by atoms with Crippen LogP contribution in [0.1, 0.15) is 17.5 Å². The maximum Gasteiger partial charge on any atom is 0.418 e. The SMILES string of the molecule is Cc1ccccc1-c1nc(NS(=O)(=O)c2cccc(N[C@@H]3CCOC[C@H]3O)n2)ccc1C(F)(F)F. The van der Waals surface area contributed by atoms with Gasteiger partial charge in [-0.2, -0.15) is 21.6 Å². The highest BCUT2D eigenvalue weighted by Gasteiger charge is 2.35. The van der Waals surface area contributed by atoms with Gasteiger partial charge in [0.1, 0.15) is 11.6 Å². The number of alkyl halides is 3. The average Bonchev–Trinajstić information content (AvgIpc) is 2.80. The molecule has 0 spiro atoms. The third kappa shape index (κ3) is 5.72. The van der Waals surface area contributed by atoms with E-state index in [0.29, 0.717) is 18.6 Å². The summed E-state index contributed by atoms with van der Waals surface area (Å²) in [4.78, 5) is 8.11. The van der Waals surface area contributed by atoms with E-state index in [2.05, 4.69) is 20.0 Å². The number of aliphatic hydroxyl groups is 1. The Balaban J connectivity index is 1.64. The molecular formula is C23H23F3N4O4S. The third-order valence-electron chi connectivity index (χ3n) is 5.50. The maximum absolute atomic E-state index is 13.6. The van der Waals surface area contributed by atoms with Gasteiger partial charge in [-0.15, -0.1) is 0 Å². The number of aryl methyl sites for hydroxylation is 1. The largest absolute Gasteiger partial charge is 0.418 e. The fourth-order valence-corrected chi connectivity index (χ4v) is 4.67. The molecule has 2 aromatic heterocycles. The predicted octanol–water partition coefficient (Wildman–Crippen LogP) is 3.83. The number of anilines is 2. The monoisotopic (exact) mass is 508 g/mol. The molecule has 1 aliphatic heterocycles. The number of ether oxygens (including phenoxy) is 1. The topological polar surface area (TPSA) is 113 Å². The number of benzene rings is 1. The first-order chi connectivity index (χ1) is 16.5. The van der Waals surface area contributed by atoms with E-state index < -0.39 is 27.9 Å². The summed E-state index contributed by atoms with van der Waals surface area (Å²) in [6.07, 6.45) is -4.95. The molecule has 1 saturated heterocycles. The molecule has 2 atom stereocenters. The Morgan fingerprint density at radius 2 is 1.80 bits per heavy atom. The summed E-state index contributed by atoms with van der Waals surface area (Å²) < 4.78 is 74.3. The molecule has 8 nitrogen and oxygen atoms in total. The first-order valence-corrected chi connectivity index (χ1v) is 12.2. The molecule has 35 heavy (non-hydrogen) atoms. The minimum Gasteiger partial charge on any atom is -0.389 e. The highest BCUT2D eigenvalue weighted by atomic mass is 32.2. The molecule has 4 rings (SSSR count). The molecular weight excluding hydrogens is 485 g/mol. The van der Waals surface area contributed by atoms with E-state index in [1.165, 1.54) is 18.2 Å². The summed E-state index contributed by atoms with van der Waals surface area (Å²) in [6, 6.07) is 12.1. The van der Waals surface area contributed by atoms with Crippen molar-refractivity contribution in [3.8, 4) is 11.3 Å². The van der Waals surface area contributed by atoms with E-state index in [0.717, 1.165) is 12.1 Å². The highest BCUT2D eigenvalue weighted by molar-refractivity contribution is 7.92. The van der Waals surface area contributed by atoms with Crippen LogP contribution in [0.2, 0.25) is 0 Å². The second kappa shape index (κ2) is 9.80. The lowest BCUT2D eigenvalue weighted by atomic mass is 10.0. The second-order valence-corrected chi connectivity index (χ2v) is 9.68. The van der Waals surface area contributed by atoms with Gasteiger partial charge in [0.15, 0.2) is 5.03 Å². The van der Waals surface area contributed by atoms with Crippen LogP contribution < -0.4 is 10.0 Å². The van der Waals surface area contributed by atoms with E-state index >= 15 is 0 Å². The summed E-state index contributed by atoms with van der Waals surface area (Å²) in [5.74, 6) is -0.0592.